The summed E-state index contributed by atoms with van der Waals surface area (Å²) in [5.41, 5.74) is 0. The number of carboxylic acid groups (broad SMARTS) is 1. The molecule has 0 heterocycles. The first-order chi connectivity index (χ1) is 7.09. The molecule has 0 radical (unpaired) electrons. The van der Waals surface area contributed by atoms with E-state index in [2.05, 4.69) is 11.7 Å². The van der Waals surface area contributed by atoms with Gasteiger partial charge in [-0.05, 0) is 24.7 Å². The lowest BCUT2D eigenvalue weighted by Crippen LogP contribution is -2.19. The van der Waals surface area contributed by atoms with Crippen molar-refractivity contribution in [2.45, 2.75) is 45.4 Å². The van der Waals surface area contributed by atoms with Crippen molar-refractivity contribution < 1.29 is 14.6 Å². The second-order valence-electron chi connectivity index (χ2n) is 4.35. The van der Waals surface area contributed by atoms with Gasteiger partial charge in [0.2, 0.25) is 0 Å². The fraction of sp³-hybridized carbons (Fsp3) is 0.818. The van der Waals surface area contributed by atoms with E-state index in [1.54, 1.807) is 0 Å². The molecule has 1 unspecified atom stereocenters. The average Bonchev–Trinajstić information content (AvgIpc) is 1.98. The average molecular weight is 213 g/mol. The predicted octanol–water partition coefficient (Wildman–Crippen LogP) is 3.26. The summed E-state index contributed by atoms with van der Waals surface area (Å²) < 4.78 is 4.23. The van der Waals surface area contributed by atoms with Gasteiger partial charge in [-0.3, -0.25) is 5.41 Å². The molecule has 1 aliphatic carbocycles. The van der Waals surface area contributed by atoms with E-state index < -0.39 is 6.16 Å². The molecule has 1 fully saturated rings. The second kappa shape index (κ2) is 5.73. The van der Waals surface area contributed by atoms with Crippen LogP contribution in [0.2, 0.25) is 0 Å². The zero-order valence-electron chi connectivity index (χ0n) is 9.16. The minimum absolute atomic E-state index is 0.136. The maximum Gasteiger partial charge on any atom is 0.512 e. The van der Waals surface area contributed by atoms with E-state index in [0.29, 0.717) is 12.3 Å². The fourth-order valence-electron chi connectivity index (χ4n) is 1.99. The topological polar surface area (TPSA) is 70.4 Å². The molecule has 4 nitrogen and oxygen atoms in total. The Morgan fingerprint density at radius 2 is 2.27 bits per heavy atom. The van der Waals surface area contributed by atoms with Gasteiger partial charge in [0.05, 0.1) is 0 Å². The molecule has 1 aliphatic rings. The van der Waals surface area contributed by atoms with Crippen LogP contribution in [0.1, 0.15) is 45.4 Å². The molecule has 0 amide bonds. The molecule has 0 aromatic rings. The lowest BCUT2D eigenvalue weighted by atomic mass is 9.75. The highest BCUT2D eigenvalue weighted by Crippen LogP contribution is 2.35. The standard InChI is InChI=1S/C11H19NO3/c1-8(9-5-3-6-9)4-2-7-10(12)15-11(13)14/h8-9,12H,2-7H2,1H3,(H,13,14). The summed E-state index contributed by atoms with van der Waals surface area (Å²) in [5.74, 6) is 1.43. The van der Waals surface area contributed by atoms with Crippen molar-refractivity contribution in [1.82, 2.24) is 0 Å². The molecule has 86 valence electrons. The zero-order valence-corrected chi connectivity index (χ0v) is 9.16. The third kappa shape index (κ3) is 4.32. The van der Waals surface area contributed by atoms with Crippen LogP contribution in [0.25, 0.3) is 0 Å². The highest BCUT2D eigenvalue weighted by Gasteiger charge is 2.23. The Balaban J connectivity index is 2.04. The van der Waals surface area contributed by atoms with Gasteiger partial charge in [0.15, 0.2) is 5.90 Å². The zero-order chi connectivity index (χ0) is 11.3. The quantitative estimate of drug-likeness (QED) is 0.418. The molecular weight excluding hydrogens is 194 g/mol. The van der Waals surface area contributed by atoms with E-state index in [0.717, 1.165) is 18.8 Å². The summed E-state index contributed by atoms with van der Waals surface area (Å²) in [6, 6.07) is 0. The van der Waals surface area contributed by atoms with E-state index >= 15 is 0 Å². The van der Waals surface area contributed by atoms with Crippen LogP contribution < -0.4 is 0 Å². The van der Waals surface area contributed by atoms with Gasteiger partial charge in [0, 0.05) is 6.42 Å². The van der Waals surface area contributed by atoms with Crippen LogP contribution >= 0.6 is 0 Å². The highest BCUT2D eigenvalue weighted by atomic mass is 16.7. The minimum Gasteiger partial charge on any atom is -0.449 e. The first kappa shape index (κ1) is 12.0. The summed E-state index contributed by atoms with van der Waals surface area (Å²) in [6.45, 7) is 2.24. The summed E-state index contributed by atoms with van der Waals surface area (Å²) >= 11 is 0. The second-order valence-corrected chi connectivity index (χ2v) is 4.35. The number of rotatable bonds is 5. The van der Waals surface area contributed by atoms with Gasteiger partial charge in [-0.15, -0.1) is 0 Å². The Morgan fingerprint density at radius 1 is 1.60 bits per heavy atom. The van der Waals surface area contributed by atoms with Crippen molar-refractivity contribution in [3.8, 4) is 0 Å². The van der Waals surface area contributed by atoms with Crippen LogP contribution in [0.4, 0.5) is 4.79 Å². The number of hydrogen-bond acceptors (Lipinski definition) is 3. The first-order valence-electron chi connectivity index (χ1n) is 5.57. The SMILES string of the molecule is CC(CCCC(=N)OC(=O)O)C1CCC1. The number of ether oxygens (including phenoxy) is 1. The highest BCUT2D eigenvalue weighted by molar-refractivity contribution is 5.82. The van der Waals surface area contributed by atoms with Gasteiger partial charge >= 0.3 is 6.16 Å². The van der Waals surface area contributed by atoms with Gasteiger partial charge in [0.25, 0.3) is 0 Å². The van der Waals surface area contributed by atoms with Crippen LogP contribution in [-0.2, 0) is 4.74 Å². The van der Waals surface area contributed by atoms with Crippen LogP contribution in [0.5, 0.6) is 0 Å². The maximum absolute atomic E-state index is 10.1. The molecule has 4 heteroatoms. The monoisotopic (exact) mass is 213 g/mol. The van der Waals surface area contributed by atoms with Crippen LogP contribution in [0, 0.1) is 17.2 Å². The summed E-state index contributed by atoms with van der Waals surface area (Å²) in [5, 5.41) is 15.5. The lowest BCUT2D eigenvalue weighted by Gasteiger charge is -2.31. The van der Waals surface area contributed by atoms with Gasteiger partial charge in [-0.25, -0.2) is 4.79 Å². The molecule has 2 N–H and O–H groups in total. The molecular formula is C11H19NO3. The molecule has 1 atom stereocenters. The number of nitrogens with one attached hydrogen (secondary N) is 1. The molecule has 1 saturated carbocycles. The Hall–Kier alpha value is -1.06. The molecule has 15 heavy (non-hydrogen) atoms. The smallest absolute Gasteiger partial charge is 0.449 e. The van der Waals surface area contributed by atoms with E-state index in [9.17, 15) is 4.79 Å². The Labute approximate surface area is 90.1 Å². The summed E-state index contributed by atoms with van der Waals surface area (Å²) in [7, 11) is 0. The van der Waals surface area contributed by atoms with Crippen molar-refractivity contribution in [1.29, 1.82) is 5.41 Å². The third-order valence-corrected chi connectivity index (χ3v) is 3.23. The first-order valence-corrected chi connectivity index (χ1v) is 5.57. The molecule has 0 aromatic heterocycles. The van der Waals surface area contributed by atoms with Gasteiger partial charge in [-0.2, -0.15) is 0 Å². The predicted molar refractivity (Wildman–Crippen MR) is 57.2 cm³/mol. The minimum atomic E-state index is -1.38. The Bertz CT molecular complexity index is 236. The van der Waals surface area contributed by atoms with Gasteiger partial charge < -0.3 is 9.84 Å². The number of carbonyl (C=O) groups is 1. The van der Waals surface area contributed by atoms with Crippen molar-refractivity contribution in [2.24, 2.45) is 11.8 Å². The largest absolute Gasteiger partial charge is 0.512 e. The van der Waals surface area contributed by atoms with E-state index in [1.165, 1.54) is 19.3 Å². The molecule has 0 bridgehead atoms. The lowest BCUT2D eigenvalue weighted by molar-refractivity contribution is 0.138. The van der Waals surface area contributed by atoms with Gasteiger partial charge in [-0.1, -0.05) is 26.2 Å². The van der Waals surface area contributed by atoms with Crippen molar-refractivity contribution in [3.05, 3.63) is 0 Å². The van der Waals surface area contributed by atoms with E-state index in [-0.39, 0.29) is 5.90 Å². The van der Waals surface area contributed by atoms with Crippen LogP contribution in [0.15, 0.2) is 0 Å². The van der Waals surface area contributed by atoms with Gasteiger partial charge in [0.1, 0.15) is 0 Å². The van der Waals surface area contributed by atoms with Crippen molar-refractivity contribution >= 4 is 12.1 Å². The molecule has 0 aromatic carbocycles. The Kier molecular flexibility index (Phi) is 4.59. The molecule has 0 aliphatic heterocycles. The van der Waals surface area contributed by atoms with Crippen molar-refractivity contribution in [3.63, 3.8) is 0 Å². The maximum atomic E-state index is 10.1. The molecule has 1 rings (SSSR count). The molecule has 0 saturated heterocycles. The molecule has 0 spiro atoms. The third-order valence-electron chi connectivity index (χ3n) is 3.23. The van der Waals surface area contributed by atoms with E-state index in [4.69, 9.17) is 10.5 Å². The van der Waals surface area contributed by atoms with Crippen LogP contribution in [-0.4, -0.2) is 17.2 Å². The summed E-state index contributed by atoms with van der Waals surface area (Å²) in [4.78, 5) is 10.1. The summed E-state index contributed by atoms with van der Waals surface area (Å²) in [6.07, 6.45) is 5.00. The Morgan fingerprint density at radius 3 is 2.73 bits per heavy atom. The normalized spacial score (nSPS) is 17.9. The number of hydrogen-bond donors (Lipinski definition) is 2. The van der Waals surface area contributed by atoms with Crippen LogP contribution in [0.3, 0.4) is 0 Å². The fourth-order valence-corrected chi connectivity index (χ4v) is 1.99. The van der Waals surface area contributed by atoms with Crippen molar-refractivity contribution in [2.75, 3.05) is 0 Å². The van der Waals surface area contributed by atoms with E-state index in [1.807, 2.05) is 0 Å².